The second-order valence-corrected chi connectivity index (χ2v) is 4.00. The van der Waals surface area contributed by atoms with Crippen LogP contribution in [0.25, 0.3) is 0 Å². The lowest BCUT2D eigenvalue weighted by Crippen LogP contribution is -2.16. The Bertz CT molecular complexity index is 310. The van der Waals surface area contributed by atoms with Crippen molar-refractivity contribution in [3.8, 4) is 5.75 Å². The van der Waals surface area contributed by atoms with E-state index in [9.17, 15) is 5.11 Å². The van der Waals surface area contributed by atoms with Crippen molar-refractivity contribution in [2.45, 2.75) is 19.1 Å². The fourth-order valence-electron chi connectivity index (χ4n) is 2.06. The first-order valence-electron chi connectivity index (χ1n) is 5.16. The minimum atomic E-state index is -0.673. The molecule has 0 amide bonds. The molecule has 0 saturated carbocycles. The zero-order valence-corrected chi connectivity index (χ0v) is 9.01. The molecule has 3 heteroatoms. The van der Waals surface area contributed by atoms with E-state index in [1.165, 1.54) is 0 Å². The molecule has 1 saturated heterocycles. The molecule has 1 aliphatic rings. The molecule has 0 unspecified atom stereocenters. The van der Waals surface area contributed by atoms with Gasteiger partial charge in [0.25, 0.3) is 0 Å². The number of aliphatic hydroxyl groups excluding tert-OH is 1. The van der Waals surface area contributed by atoms with Crippen molar-refractivity contribution in [1.82, 2.24) is 0 Å². The third-order valence-corrected chi connectivity index (χ3v) is 2.95. The third-order valence-electron chi connectivity index (χ3n) is 2.95. The van der Waals surface area contributed by atoms with Crippen LogP contribution in [0.2, 0.25) is 0 Å². The average molecular weight is 208 g/mol. The third kappa shape index (κ3) is 1.98. The van der Waals surface area contributed by atoms with Gasteiger partial charge in [-0.2, -0.15) is 0 Å². The Kier molecular flexibility index (Phi) is 2.93. The normalized spacial score (nSPS) is 30.5. The molecule has 2 rings (SSSR count). The molecule has 1 aromatic carbocycles. The number of ether oxygens (including phenoxy) is 2. The first kappa shape index (κ1) is 10.5. The van der Waals surface area contributed by atoms with Crippen molar-refractivity contribution in [2.24, 2.45) is 5.92 Å². The monoisotopic (exact) mass is 208 g/mol. The van der Waals surface area contributed by atoms with Crippen LogP contribution in [0.4, 0.5) is 0 Å². The zero-order valence-electron chi connectivity index (χ0n) is 9.01. The standard InChI is InChI=1S/C12H16O3/c1-8-7-15-12(13)11(8)9-3-5-10(14-2)6-4-9/h3-6,8,11-13H,7H2,1-2H3/t8-,11+,12+/m1/s1. The largest absolute Gasteiger partial charge is 0.497 e. The highest BCUT2D eigenvalue weighted by Crippen LogP contribution is 2.35. The summed E-state index contributed by atoms with van der Waals surface area (Å²) < 4.78 is 10.3. The van der Waals surface area contributed by atoms with Gasteiger partial charge in [-0.25, -0.2) is 0 Å². The summed E-state index contributed by atoms with van der Waals surface area (Å²) in [5, 5.41) is 9.69. The van der Waals surface area contributed by atoms with Crippen LogP contribution in [0.15, 0.2) is 24.3 Å². The van der Waals surface area contributed by atoms with E-state index >= 15 is 0 Å². The summed E-state index contributed by atoms with van der Waals surface area (Å²) in [5.41, 5.74) is 1.10. The van der Waals surface area contributed by atoms with E-state index in [0.29, 0.717) is 12.5 Å². The lowest BCUT2D eigenvalue weighted by molar-refractivity contribution is -0.0678. The van der Waals surface area contributed by atoms with Crippen molar-refractivity contribution in [3.63, 3.8) is 0 Å². The molecule has 1 N–H and O–H groups in total. The van der Waals surface area contributed by atoms with Gasteiger partial charge < -0.3 is 14.6 Å². The van der Waals surface area contributed by atoms with E-state index in [1.807, 2.05) is 24.3 Å². The Morgan fingerprint density at radius 3 is 2.47 bits per heavy atom. The van der Waals surface area contributed by atoms with Gasteiger partial charge >= 0.3 is 0 Å². The molecule has 3 nitrogen and oxygen atoms in total. The minimum Gasteiger partial charge on any atom is -0.497 e. The summed E-state index contributed by atoms with van der Waals surface area (Å²) in [6.45, 7) is 2.71. The molecule has 15 heavy (non-hydrogen) atoms. The number of rotatable bonds is 2. The van der Waals surface area contributed by atoms with E-state index < -0.39 is 6.29 Å². The molecule has 0 aromatic heterocycles. The minimum absolute atomic E-state index is 0.0795. The second-order valence-electron chi connectivity index (χ2n) is 4.00. The highest BCUT2D eigenvalue weighted by Gasteiger charge is 2.34. The fraction of sp³-hybridized carbons (Fsp3) is 0.500. The molecule has 1 aromatic rings. The summed E-state index contributed by atoms with van der Waals surface area (Å²) in [7, 11) is 1.64. The maximum absolute atomic E-state index is 9.69. The van der Waals surface area contributed by atoms with Crippen LogP contribution in [-0.4, -0.2) is 25.1 Å². The number of aliphatic hydroxyl groups is 1. The Balaban J connectivity index is 2.21. The van der Waals surface area contributed by atoms with Crippen LogP contribution in [0.3, 0.4) is 0 Å². The molecule has 82 valence electrons. The number of hydrogen-bond donors (Lipinski definition) is 1. The SMILES string of the molecule is COc1ccc([C@@H]2[C@H](C)CO[C@@H]2O)cc1. The molecule has 0 bridgehead atoms. The molecule has 0 spiro atoms. The van der Waals surface area contributed by atoms with Gasteiger partial charge in [-0.15, -0.1) is 0 Å². The highest BCUT2D eigenvalue weighted by molar-refractivity contribution is 5.30. The van der Waals surface area contributed by atoms with Crippen LogP contribution in [0, 0.1) is 5.92 Å². The van der Waals surface area contributed by atoms with E-state index in [4.69, 9.17) is 9.47 Å². The summed E-state index contributed by atoms with van der Waals surface area (Å²) >= 11 is 0. The lowest BCUT2D eigenvalue weighted by atomic mass is 9.89. The van der Waals surface area contributed by atoms with Crippen molar-refractivity contribution >= 4 is 0 Å². The molecule has 0 radical (unpaired) electrons. The van der Waals surface area contributed by atoms with Gasteiger partial charge in [-0.3, -0.25) is 0 Å². The van der Waals surface area contributed by atoms with E-state index in [1.54, 1.807) is 7.11 Å². The van der Waals surface area contributed by atoms with Crippen LogP contribution in [0.1, 0.15) is 18.4 Å². The van der Waals surface area contributed by atoms with E-state index in [2.05, 4.69) is 6.92 Å². The Hall–Kier alpha value is -1.06. The van der Waals surface area contributed by atoms with Crippen molar-refractivity contribution in [1.29, 1.82) is 0 Å². The summed E-state index contributed by atoms with van der Waals surface area (Å²) in [4.78, 5) is 0. The van der Waals surface area contributed by atoms with Crippen LogP contribution in [0.5, 0.6) is 5.75 Å². The number of benzene rings is 1. The maximum Gasteiger partial charge on any atom is 0.161 e. The van der Waals surface area contributed by atoms with Gasteiger partial charge in [0.2, 0.25) is 0 Å². The molecule has 1 heterocycles. The summed E-state index contributed by atoms with van der Waals surface area (Å²) in [5.74, 6) is 1.27. The first-order valence-corrected chi connectivity index (χ1v) is 5.16. The molecule has 1 aliphatic heterocycles. The van der Waals surface area contributed by atoms with Crippen LogP contribution in [-0.2, 0) is 4.74 Å². The molecule has 1 fully saturated rings. The van der Waals surface area contributed by atoms with Crippen molar-refractivity contribution in [2.75, 3.05) is 13.7 Å². The van der Waals surface area contributed by atoms with E-state index in [0.717, 1.165) is 11.3 Å². The van der Waals surface area contributed by atoms with Gasteiger partial charge in [0.1, 0.15) is 5.75 Å². The quantitative estimate of drug-likeness (QED) is 0.805. The van der Waals surface area contributed by atoms with Gasteiger partial charge in [0.05, 0.1) is 13.7 Å². The van der Waals surface area contributed by atoms with Gasteiger partial charge in [0, 0.05) is 5.92 Å². The lowest BCUT2D eigenvalue weighted by Gasteiger charge is -2.17. The van der Waals surface area contributed by atoms with Gasteiger partial charge in [-0.05, 0) is 23.6 Å². The predicted molar refractivity (Wildman–Crippen MR) is 56.9 cm³/mol. The Morgan fingerprint density at radius 2 is 2.00 bits per heavy atom. The van der Waals surface area contributed by atoms with Gasteiger partial charge in [-0.1, -0.05) is 19.1 Å². The Labute approximate surface area is 89.6 Å². The predicted octanol–water partition coefficient (Wildman–Crippen LogP) is 1.76. The smallest absolute Gasteiger partial charge is 0.161 e. The molecular formula is C12H16O3. The number of methoxy groups -OCH3 is 1. The fourth-order valence-corrected chi connectivity index (χ4v) is 2.06. The molecular weight excluding hydrogens is 192 g/mol. The zero-order chi connectivity index (χ0) is 10.8. The first-order chi connectivity index (χ1) is 7.22. The van der Waals surface area contributed by atoms with Crippen LogP contribution >= 0.6 is 0 Å². The summed E-state index contributed by atoms with van der Waals surface area (Å²) in [6, 6.07) is 7.79. The Morgan fingerprint density at radius 1 is 1.33 bits per heavy atom. The summed E-state index contributed by atoms with van der Waals surface area (Å²) in [6.07, 6.45) is -0.673. The number of hydrogen-bond acceptors (Lipinski definition) is 3. The maximum atomic E-state index is 9.69. The van der Waals surface area contributed by atoms with Crippen molar-refractivity contribution in [3.05, 3.63) is 29.8 Å². The molecule has 3 atom stereocenters. The second kappa shape index (κ2) is 4.21. The van der Waals surface area contributed by atoms with Crippen molar-refractivity contribution < 1.29 is 14.6 Å². The van der Waals surface area contributed by atoms with E-state index in [-0.39, 0.29) is 5.92 Å². The highest BCUT2D eigenvalue weighted by atomic mass is 16.6. The topological polar surface area (TPSA) is 38.7 Å². The average Bonchev–Trinajstić information content (AvgIpc) is 2.59. The van der Waals surface area contributed by atoms with Gasteiger partial charge in [0.15, 0.2) is 6.29 Å². The van der Waals surface area contributed by atoms with Crippen LogP contribution < -0.4 is 4.74 Å². The molecule has 0 aliphatic carbocycles.